The van der Waals surface area contributed by atoms with Crippen LogP contribution in [-0.2, 0) is 0 Å². The average Bonchev–Trinajstić information content (AvgIpc) is 2.38. The minimum atomic E-state index is 0.810. The molecule has 0 aromatic heterocycles. The highest BCUT2D eigenvalue weighted by molar-refractivity contribution is 5.29. The van der Waals surface area contributed by atoms with Crippen molar-refractivity contribution >= 4 is 0 Å². The molecule has 2 N–H and O–H groups in total. The fraction of sp³-hybridized carbons (Fsp3) is 0.625. The molecule has 0 radical (unpaired) electrons. The lowest BCUT2D eigenvalue weighted by Gasteiger charge is -2.29. The van der Waals surface area contributed by atoms with Crippen molar-refractivity contribution in [1.82, 2.24) is 0 Å². The van der Waals surface area contributed by atoms with Gasteiger partial charge in [-0.15, -0.1) is 0 Å². The van der Waals surface area contributed by atoms with Crippen LogP contribution in [0.5, 0.6) is 0 Å². The molecule has 1 aromatic carbocycles. The first-order chi connectivity index (χ1) is 8.31. The standard InChI is InChI=1S/C16H25N/c1-13-5-2-3-7-16(13)15-10-8-14(9-11-15)6-4-12-17/h2-3,5,7,14-15H,4,6,8-12,17H2,1H3. The van der Waals surface area contributed by atoms with E-state index in [1.807, 2.05) is 0 Å². The van der Waals surface area contributed by atoms with Crippen LogP contribution in [0.3, 0.4) is 0 Å². The molecule has 1 nitrogen and oxygen atoms in total. The largest absolute Gasteiger partial charge is 0.330 e. The summed E-state index contributed by atoms with van der Waals surface area (Å²) in [5.41, 5.74) is 8.64. The first-order valence-electron chi connectivity index (χ1n) is 7.07. The summed E-state index contributed by atoms with van der Waals surface area (Å²) >= 11 is 0. The van der Waals surface area contributed by atoms with E-state index in [9.17, 15) is 0 Å². The lowest BCUT2D eigenvalue weighted by atomic mass is 9.76. The normalized spacial score (nSPS) is 24.8. The van der Waals surface area contributed by atoms with Gasteiger partial charge in [-0.1, -0.05) is 24.3 Å². The number of rotatable bonds is 4. The number of aryl methyl sites for hydroxylation is 1. The molecule has 0 unspecified atom stereocenters. The third kappa shape index (κ3) is 3.32. The molecule has 1 aliphatic carbocycles. The molecule has 17 heavy (non-hydrogen) atoms. The van der Waals surface area contributed by atoms with Crippen molar-refractivity contribution in [2.24, 2.45) is 11.7 Å². The zero-order valence-corrected chi connectivity index (χ0v) is 11.0. The van der Waals surface area contributed by atoms with Gasteiger partial charge in [-0.3, -0.25) is 0 Å². The summed E-state index contributed by atoms with van der Waals surface area (Å²) in [6.45, 7) is 3.10. The van der Waals surface area contributed by atoms with Gasteiger partial charge in [-0.25, -0.2) is 0 Å². The maximum absolute atomic E-state index is 5.58. The second-order valence-corrected chi connectivity index (χ2v) is 5.51. The molecule has 2 rings (SSSR count). The molecule has 0 aliphatic heterocycles. The Kier molecular flexibility index (Phi) is 4.61. The predicted octanol–water partition coefficient (Wildman–Crippen LogP) is 4.01. The van der Waals surface area contributed by atoms with Crippen LogP contribution < -0.4 is 5.73 Å². The zero-order valence-electron chi connectivity index (χ0n) is 11.0. The van der Waals surface area contributed by atoms with Crippen molar-refractivity contribution in [2.45, 2.75) is 51.4 Å². The monoisotopic (exact) mass is 231 g/mol. The topological polar surface area (TPSA) is 26.0 Å². The van der Waals surface area contributed by atoms with Gasteiger partial charge in [0.15, 0.2) is 0 Å². The Bertz CT molecular complexity index is 337. The molecule has 94 valence electrons. The van der Waals surface area contributed by atoms with E-state index in [0.29, 0.717) is 0 Å². The summed E-state index contributed by atoms with van der Waals surface area (Å²) in [6.07, 6.45) is 8.11. The van der Waals surface area contributed by atoms with E-state index in [4.69, 9.17) is 5.73 Å². The Morgan fingerprint density at radius 2 is 1.82 bits per heavy atom. The fourth-order valence-corrected chi connectivity index (χ4v) is 3.21. The summed E-state index contributed by atoms with van der Waals surface area (Å²) < 4.78 is 0. The molecule has 0 saturated heterocycles. The van der Waals surface area contributed by atoms with Crippen molar-refractivity contribution in [1.29, 1.82) is 0 Å². The van der Waals surface area contributed by atoms with Crippen LogP contribution in [-0.4, -0.2) is 6.54 Å². The number of nitrogens with two attached hydrogens (primary N) is 1. The van der Waals surface area contributed by atoms with Crippen LogP contribution in [0.1, 0.15) is 55.6 Å². The van der Waals surface area contributed by atoms with E-state index in [-0.39, 0.29) is 0 Å². The zero-order chi connectivity index (χ0) is 12.1. The lowest BCUT2D eigenvalue weighted by molar-refractivity contribution is 0.306. The summed E-state index contributed by atoms with van der Waals surface area (Å²) in [7, 11) is 0. The summed E-state index contributed by atoms with van der Waals surface area (Å²) in [5.74, 6) is 1.75. The molecule has 1 fully saturated rings. The van der Waals surface area contributed by atoms with Crippen LogP contribution >= 0.6 is 0 Å². The van der Waals surface area contributed by atoms with Gasteiger partial charge in [0.2, 0.25) is 0 Å². The van der Waals surface area contributed by atoms with Crippen LogP contribution in [0, 0.1) is 12.8 Å². The van der Waals surface area contributed by atoms with Gasteiger partial charge < -0.3 is 5.73 Å². The van der Waals surface area contributed by atoms with Crippen molar-refractivity contribution in [3.05, 3.63) is 35.4 Å². The number of benzene rings is 1. The van der Waals surface area contributed by atoms with Crippen LogP contribution in [0.15, 0.2) is 24.3 Å². The van der Waals surface area contributed by atoms with Crippen molar-refractivity contribution in [3.63, 3.8) is 0 Å². The second kappa shape index (κ2) is 6.20. The SMILES string of the molecule is Cc1ccccc1C1CCC(CCCN)CC1. The molecule has 1 aliphatic rings. The van der Waals surface area contributed by atoms with Gasteiger partial charge in [0.1, 0.15) is 0 Å². The second-order valence-electron chi connectivity index (χ2n) is 5.51. The molecule has 0 bridgehead atoms. The van der Waals surface area contributed by atoms with Crippen LogP contribution in [0.25, 0.3) is 0 Å². The molecule has 0 atom stereocenters. The molecule has 0 heterocycles. The smallest absolute Gasteiger partial charge is 0.00772 e. The van der Waals surface area contributed by atoms with E-state index < -0.39 is 0 Å². The molecule has 0 amide bonds. The highest BCUT2D eigenvalue weighted by Gasteiger charge is 2.22. The Morgan fingerprint density at radius 3 is 2.47 bits per heavy atom. The summed E-state index contributed by atoms with van der Waals surface area (Å²) in [6, 6.07) is 8.89. The molecule has 1 saturated carbocycles. The average molecular weight is 231 g/mol. The minimum Gasteiger partial charge on any atom is -0.330 e. The maximum atomic E-state index is 5.58. The highest BCUT2D eigenvalue weighted by Crippen LogP contribution is 2.38. The van der Waals surface area contributed by atoms with Crippen LogP contribution in [0.4, 0.5) is 0 Å². The first-order valence-corrected chi connectivity index (χ1v) is 7.07. The van der Waals surface area contributed by atoms with E-state index in [2.05, 4.69) is 31.2 Å². The third-order valence-electron chi connectivity index (χ3n) is 4.29. The van der Waals surface area contributed by atoms with E-state index >= 15 is 0 Å². The molecular weight excluding hydrogens is 206 g/mol. The predicted molar refractivity (Wildman–Crippen MR) is 74.2 cm³/mol. The van der Waals surface area contributed by atoms with Crippen LogP contribution in [0.2, 0.25) is 0 Å². The summed E-state index contributed by atoms with van der Waals surface area (Å²) in [4.78, 5) is 0. The van der Waals surface area contributed by atoms with E-state index in [1.165, 1.54) is 44.1 Å². The van der Waals surface area contributed by atoms with Crippen molar-refractivity contribution < 1.29 is 0 Å². The Balaban J connectivity index is 1.89. The first kappa shape index (κ1) is 12.6. The molecular formula is C16H25N. The highest BCUT2D eigenvalue weighted by atomic mass is 14.5. The van der Waals surface area contributed by atoms with E-state index in [1.54, 1.807) is 5.56 Å². The fourth-order valence-electron chi connectivity index (χ4n) is 3.21. The van der Waals surface area contributed by atoms with Crippen molar-refractivity contribution in [3.8, 4) is 0 Å². The Morgan fingerprint density at radius 1 is 1.12 bits per heavy atom. The van der Waals surface area contributed by atoms with E-state index in [0.717, 1.165) is 18.4 Å². The Hall–Kier alpha value is -0.820. The van der Waals surface area contributed by atoms with Gasteiger partial charge in [0.25, 0.3) is 0 Å². The minimum absolute atomic E-state index is 0.810. The maximum Gasteiger partial charge on any atom is -0.00772 e. The van der Waals surface area contributed by atoms with Gasteiger partial charge in [0.05, 0.1) is 0 Å². The third-order valence-corrected chi connectivity index (χ3v) is 4.29. The van der Waals surface area contributed by atoms with Gasteiger partial charge >= 0.3 is 0 Å². The lowest BCUT2D eigenvalue weighted by Crippen LogP contribution is -2.15. The number of hydrogen-bond acceptors (Lipinski definition) is 1. The molecule has 1 aromatic rings. The number of hydrogen-bond donors (Lipinski definition) is 1. The van der Waals surface area contributed by atoms with Gasteiger partial charge in [0, 0.05) is 0 Å². The Labute approximate surface area is 105 Å². The summed E-state index contributed by atoms with van der Waals surface area (Å²) in [5, 5.41) is 0. The van der Waals surface area contributed by atoms with Gasteiger partial charge in [-0.05, 0) is 75.0 Å². The van der Waals surface area contributed by atoms with Gasteiger partial charge in [-0.2, -0.15) is 0 Å². The van der Waals surface area contributed by atoms with Crippen molar-refractivity contribution in [2.75, 3.05) is 6.54 Å². The molecule has 1 heteroatoms. The molecule has 0 spiro atoms. The quantitative estimate of drug-likeness (QED) is 0.832.